The summed E-state index contributed by atoms with van der Waals surface area (Å²) in [7, 11) is -4.39. The van der Waals surface area contributed by atoms with Gasteiger partial charge in [0.25, 0.3) is 0 Å². The Morgan fingerprint density at radius 1 is 0.653 bits per heavy atom. The maximum absolute atomic E-state index is 13.6. The van der Waals surface area contributed by atoms with Crippen LogP contribution in [0.5, 0.6) is 11.5 Å². The van der Waals surface area contributed by atoms with Gasteiger partial charge in [-0.15, -0.1) is 5.10 Å². The molecule has 2 amide bonds. The van der Waals surface area contributed by atoms with E-state index in [0.717, 1.165) is 12.1 Å². The minimum atomic E-state index is -4.39. The Morgan fingerprint density at radius 3 is 1.67 bits per heavy atom. The minimum absolute atomic E-state index is 0.0583. The molecule has 2 heterocycles. The zero-order chi connectivity index (χ0) is 54.4. The molecule has 5 atom stereocenters. The predicted octanol–water partition coefficient (Wildman–Crippen LogP) is 2.00. The van der Waals surface area contributed by atoms with Gasteiger partial charge < -0.3 is 87.8 Å². The largest absolute Gasteiger partial charge is 0.462 e. The summed E-state index contributed by atoms with van der Waals surface area (Å²) in [4.78, 5) is 42.4. The van der Waals surface area contributed by atoms with Gasteiger partial charge in [-0.05, 0) is 49.9 Å². The number of aromatic nitrogens is 3. The maximum Gasteiger partial charge on any atom is 0.325 e. The van der Waals surface area contributed by atoms with E-state index in [1.165, 1.54) is 12.1 Å². The highest BCUT2D eigenvalue weighted by Crippen LogP contribution is 2.37. The first-order chi connectivity index (χ1) is 36.0. The third-order valence-electron chi connectivity index (χ3n) is 10.4. The molecule has 0 radical (unpaired) electrons. The van der Waals surface area contributed by atoms with Crippen molar-refractivity contribution in [2.45, 2.75) is 69.4 Å². The van der Waals surface area contributed by atoms with Gasteiger partial charge in [-0.3, -0.25) is 9.36 Å². The summed E-state index contributed by atoms with van der Waals surface area (Å²) in [5.74, 6) is -14.0. The molecule has 30 heteroatoms. The Morgan fingerprint density at radius 2 is 1.15 bits per heavy atom. The lowest BCUT2D eigenvalue weighted by atomic mass is 9.97. The Hall–Kier alpha value is -4.56. The van der Waals surface area contributed by atoms with Crippen molar-refractivity contribution >= 4 is 25.3 Å². The number of nitrogens with zero attached hydrogens (tertiary/aromatic N) is 3. The van der Waals surface area contributed by atoms with Crippen molar-refractivity contribution in [1.29, 1.82) is 0 Å². The van der Waals surface area contributed by atoms with E-state index in [4.69, 9.17) is 57.2 Å². The van der Waals surface area contributed by atoms with E-state index < -0.39 is 97.7 Å². The average Bonchev–Trinajstić information content (AvgIpc) is 3.84. The second-order valence-electron chi connectivity index (χ2n) is 16.2. The number of benzene rings is 2. The highest BCUT2D eigenvalue weighted by molar-refractivity contribution is 7.51. The normalized spacial score (nSPS) is 17.8. The number of amides is 2. The Kier molecular flexibility index (Phi) is 29.4. The number of hydrogen-bond donors (Lipinski definition) is 7. The third-order valence-corrected chi connectivity index (χ3v) is 11.2. The van der Waals surface area contributed by atoms with Crippen molar-refractivity contribution in [1.82, 2.24) is 20.3 Å². The van der Waals surface area contributed by atoms with Crippen LogP contribution in [0, 0.1) is 29.1 Å². The lowest BCUT2D eigenvalue weighted by molar-refractivity contribution is -0.272. The summed E-state index contributed by atoms with van der Waals surface area (Å²) < 4.78 is 138. The van der Waals surface area contributed by atoms with Crippen LogP contribution in [0.3, 0.4) is 0 Å². The van der Waals surface area contributed by atoms with E-state index in [-0.39, 0.29) is 45.2 Å². The number of carbonyl (C=O) groups is 2. The van der Waals surface area contributed by atoms with Gasteiger partial charge >= 0.3 is 19.6 Å². The van der Waals surface area contributed by atoms with Crippen LogP contribution in [0.4, 0.5) is 32.4 Å². The summed E-state index contributed by atoms with van der Waals surface area (Å²) in [5.41, 5.74) is 1.25. The monoisotopic (exact) mass is 1110 g/mol. The summed E-state index contributed by atoms with van der Waals surface area (Å²) in [5, 5.41) is 44.5. The van der Waals surface area contributed by atoms with Crippen LogP contribution < -0.4 is 20.1 Å². The molecule has 424 valence electrons. The highest BCUT2D eigenvalue weighted by Gasteiger charge is 2.45. The lowest BCUT2D eigenvalue weighted by Crippen LogP contribution is -2.59. The molecule has 2 aromatic carbocycles. The van der Waals surface area contributed by atoms with Crippen molar-refractivity contribution in [3.05, 3.63) is 65.2 Å². The lowest BCUT2D eigenvalue weighted by Gasteiger charge is -2.40. The molecule has 24 nitrogen and oxygen atoms in total. The summed E-state index contributed by atoms with van der Waals surface area (Å²) in [6.07, 6.45) is -4.92. The first kappa shape index (κ1) is 63.0. The molecular weight excluding hydrogens is 1040 g/mol. The van der Waals surface area contributed by atoms with Gasteiger partial charge in [-0.2, -0.15) is 8.78 Å². The molecule has 1 saturated heterocycles. The van der Waals surface area contributed by atoms with Gasteiger partial charge in [-0.25, -0.2) is 22.6 Å². The number of aliphatic hydroxyl groups excluding tert-OH is 3. The minimum Gasteiger partial charge on any atom is -0.462 e. The predicted molar refractivity (Wildman–Crippen MR) is 248 cm³/mol. The summed E-state index contributed by atoms with van der Waals surface area (Å²) >= 11 is 0. The SMILES string of the molecule is O=C(NCCCCc1cn(CCOCCOCCOCCOCCOCCOCCOCCOCCC(=O)Oc2c(F)c(F)c(F)c(F)c2F)nn1)Nc1ccc(O[C@H]2O[C@H](CCP(=O)(O)O)[C@@H](O)[C@H](O)[C@@H]2O)cc1. The number of nitrogens with one attached hydrogen (secondary N) is 2. The molecule has 3 aromatic rings. The van der Waals surface area contributed by atoms with E-state index in [2.05, 4.69) is 25.7 Å². The standard InChI is InChI=1S/C45H65F5N5O19P/c46-35-36(47)38(49)43(39(50)37(35)48)74-34(56)8-12-64-14-16-66-18-20-68-22-24-70-26-27-71-25-23-69-21-19-67-17-15-65-13-11-55-29-31(53-54-55)3-1-2-10-51-45(60)52-30-4-6-32(7-5-30)72-44-42(59)41(58)40(57)33(73-44)9-28-75(61,62)63/h4-7,29,33,40-42,44,57-59H,1-3,8-28H2,(H2,51,52,60)(H2,61,62,63)/t33-,40-,41+,42+,44+/m1/s1. The number of ether oxygens (including phenoxy) is 11. The number of esters is 1. The molecule has 7 N–H and O–H groups in total. The number of hydrogen-bond acceptors (Lipinski definition) is 19. The molecule has 0 spiro atoms. The van der Waals surface area contributed by atoms with Crippen LogP contribution >= 0.6 is 7.60 Å². The van der Waals surface area contributed by atoms with E-state index in [1.54, 1.807) is 16.8 Å². The molecule has 1 aromatic heterocycles. The van der Waals surface area contributed by atoms with Crippen molar-refractivity contribution in [2.75, 3.05) is 124 Å². The molecular formula is C45H65F5N5O19P. The van der Waals surface area contributed by atoms with Crippen molar-refractivity contribution in [3.8, 4) is 11.5 Å². The number of rotatable bonds is 39. The number of carbonyl (C=O) groups excluding carboxylic acids is 2. The van der Waals surface area contributed by atoms with Gasteiger partial charge in [0.2, 0.25) is 41.1 Å². The topological polar surface area (TPSA) is 309 Å². The molecule has 1 fully saturated rings. The van der Waals surface area contributed by atoms with Crippen LogP contribution in [0.15, 0.2) is 30.5 Å². The second kappa shape index (κ2) is 35.0. The van der Waals surface area contributed by atoms with E-state index in [9.17, 15) is 51.4 Å². The van der Waals surface area contributed by atoms with Crippen LogP contribution in [0.25, 0.3) is 0 Å². The average molecular weight is 1110 g/mol. The molecule has 0 aliphatic carbocycles. The number of aryl methyl sites for hydroxylation is 1. The number of aliphatic hydroxyl groups is 3. The number of urea groups is 1. The molecule has 0 unspecified atom stereocenters. The van der Waals surface area contributed by atoms with Gasteiger partial charge in [0, 0.05) is 18.4 Å². The van der Waals surface area contributed by atoms with Gasteiger partial charge in [-0.1, -0.05) is 5.21 Å². The zero-order valence-corrected chi connectivity index (χ0v) is 41.8. The fourth-order valence-electron chi connectivity index (χ4n) is 6.46. The first-order valence-electron chi connectivity index (χ1n) is 23.8. The van der Waals surface area contributed by atoms with Crippen LogP contribution in [0.1, 0.15) is 31.4 Å². The number of halogens is 5. The fourth-order valence-corrected chi connectivity index (χ4v) is 7.05. The molecule has 1 aliphatic rings. The third kappa shape index (κ3) is 24.5. The van der Waals surface area contributed by atoms with Crippen LogP contribution in [-0.4, -0.2) is 201 Å². The van der Waals surface area contributed by atoms with Gasteiger partial charge in [0.15, 0.2) is 0 Å². The Bertz CT molecular complexity index is 2140. The van der Waals surface area contributed by atoms with E-state index in [1.807, 2.05) is 6.20 Å². The number of anilines is 1. The molecule has 75 heavy (non-hydrogen) atoms. The van der Waals surface area contributed by atoms with Crippen molar-refractivity contribution in [2.24, 2.45) is 0 Å². The Labute approximate surface area is 428 Å². The molecule has 0 saturated carbocycles. The van der Waals surface area contributed by atoms with E-state index in [0.29, 0.717) is 104 Å². The quantitative estimate of drug-likeness (QED) is 0.00817. The molecule has 4 rings (SSSR count). The molecule has 0 bridgehead atoms. The second-order valence-corrected chi connectivity index (χ2v) is 17.9. The number of unbranched alkanes of at least 4 members (excludes halogenated alkanes) is 1. The van der Waals surface area contributed by atoms with Crippen molar-refractivity contribution in [3.63, 3.8) is 0 Å². The van der Waals surface area contributed by atoms with E-state index >= 15 is 0 Å². The highest BCUT2D eigenvalue weighted by atomic mass is 31.2. The Balaban J connectivity index is 0.858. The molecule has 1 aliphatic heterocycles. The fraction of sp³-hybridized carbons (Fsp3) is 0.644. The van der Waals surface area contributed by atoms with Crippen molar-refractivity contribution < 1.29 is 113 Å². The summed E-state index contributed by atoms with van der Waals surface area (Å²) in [6.45, 7) is 5.60. The first-order valence-corrected chi connectivity index (χ1v) is 25.6. The van der Waals surface area contributed by atoms with Crippen LogP contribution in [-0.2, 0) is 65.0 Å². The summed E-state index contributed by atoms with van der Waals surface area (Å²) in [6, 6.07) is 5.63. The smallest absolute Gasteiger partial charge is 0.325 e. The van der Waals surface area contributed by atoms with Crippen LogP contribution in [0.2, 0.25) is 0 Å². The maximum atomic E-state index is 13.6. The van der Waals surface area contributed by atoms with Gasteiger partial charge in [0.1, 0.15) is 24.1 Å². The van der Waals surface area contributed by atoms with Gasteiger partial charge in [0.05, 0.1) is 137 Å². The zero-order valence-electron chi connectivity index (χ0n) is 40.9.